The molecule has 116 valence electrons. The van der Waals surface area contributed by atoms with Gasteiger partial charge in [0, 0.05) is 6.42 Å². The SMILES string of the molecule is Br.NC(=Nc1cccc(C(F)(F)F)c1)SC1CCOC1=O. The van der Waals surface area contributed by atoms with Crippen molar-refractivity contribution < 1.29 is 22.7 Å². The maximum atomic E-state index is 12.5. The predicted octanol–water partition coefficient (Wildman–Crippen LogP) is 3.28. The van der Waals surface area contributed by atoms with Crippen LogP contribution in [0.3, 0.4) is 0 Å². The van der Waals surface area contributed by atoms with E-state index in [0.717, 1.165) is 23.9 Å². The fourth-order valence-corrected chi connectivity index (χ4v) is 2.46. The molecule has 0 radical (unpaired) electrons. The van der Waals surface area contributed by atoms with Crippen molar-refractivity contribution in [1.29, 1.82) is 0 Å². The third-order valence-corrected chi connectivity index (χ3v) is 3.61. The van der Waals surface area contributed by atoms with Crippen LogP contribution in [0.1, 0.15) is 12.0 Å². The first-order valence-electron chi connectivity index (χ1n) is 5.71. The van der Waals surface area contributed by atoms with Crippen molar-refractivity contribution in [1.82, 2.24) is 0 Å². The molecule has 1 saturated heterocycles. The highest BCUT2D eigenvalue weighted by Gasteiger charge is 2.31. The standard InChI is InChI=1S/C12H11F3N2O2S.BrH/c13-12(14,15)7-2-1-3-8(6-7)17-11(16)20-9-4-5-19-10(9)18;/h1-3,6,9H,4-5H2,(H2,16,17);1H. The third-order valence-electron chi connectivity index (χ3n) is 2.56. The Labute approximate surface area is 133 Å². The number of halogens is 4. The van der Waals surface area contributed by atoms with E-state index in [4.69, 9.17) is 10.5 Å². The highest BCUT2D eigenvalue weighted by atomic mass is 79.9. The summed E-state index contributed by atoms with van der Waals surface area (Å²) in [6, 6.07) is 4.52. The van der Waals surface area contributed by atoms with Gasteiger partial charge in [-0.15, -0.1) is 17.0 Å². The summed E-state index contributed by atoms with van der Waals surface area (Å²) in [7, 11) is 0. The summed E-state index contributed by atoms with van der Waals surface area (Å²) in [5.74, 6) is -0.378. The van der Waals surface area contributed by atoms with E-state index >= 15 is 0 Å². The van der Waals surface area contributed by atoms with Gasteiger partial charge >= 0.3 is 12.1 Å². The molecule has 21 heavy (non-hydrogen) atoms. The van der Waals surface area contributed by atoms with Crippen LogP contribution >= 0.6 is 28.7 Å². The first kappa shape index (κ1) is 17.8. The second-order valence-electron chi connectivity index (χ2n) is 4.06. The van der Waals surface area contributed by atoms with Crippen LogP contribution in [-0.4, -0.2) is 23.0 Å². The van der Waals surface area contributed by atoms with Crippen molar-refractivity contribution in [3.05, 3.63) is 29.8 Å². The summed E-state index contributed by atoms with van der Waals surface area (Å²) in [6.07, 6.45) is -3.91. The number of benzene rings is 1. The van der Waals surface area contributed by atoms with Gasteiger partial charge in [-0.3, -0.25) is 4.79 Å². The molecule has 1 fully saturated rings. The number of carbonyl (C=O) groups excluding carboxylic acids is 1. The first-order valence-corrected chi connectivity index (χ1v) is 6.59. The Morgan fingerprint density at radius 2 is 2.14 bits per heavy atom. The average molecular weight is 385 g/mol. The number of nitrogens with two attached hydrogens (primary N) is 1. The van der Waals surface area contributed by atoms with Gasteiger partial charge in [-0.05, 0) is 18.2 Å². The summed E-state index contributed by atoms with van der Waals surface area (Å²) < 4.78 is 42.4. The summed E-state index contributed by atoms with van der Waals surface area (Å²) >= 11 is 0.995. The molecule has 2 rings (SSSR count). The molecule has 4 nitrogen and oxygen atoms in total. The number of ether oxygens (including phenoxy) is 1. The summed E-state index contributed by atoms with van der Waals surface area (Å²) in [5, 5.41) is -0.405. The van der Waals surface area contributed by atoms with Crippen molar-refractivity contribution in [3.63, 3.8) is 0 Å². The molecule has 1 atom stereocenters. The fourth-order valence-electron chi connectivity index (χ4n) is 1.64. The van der Waals surface area contributed by atoms with Crippen molar-refractivity contribution >= 4 is 45.6 Å². The van der Waals surface area contributed by atoms with Gasteiger partial charge in [-0.1, -0.05) is 17.8 Å². The lowest BCUT2D eigenvalue weighted by molar-refractivity contribution is -0.138. The molecule has 0 bridgehead atoms. The van der Waals surface area contributed by atoms with Gasteiger partial charge in [-0.2, -0.15) is 13.2 Å². The van der Waals surface area contributed by atoms with Crippen LogP contribution in [-0.2, 0) is 15.7 Å². The maximum Gasteiger partial charge on any atom is 0.416 e. The lowest BCUT2D eigenvalue weighted by Crippen LogP contribution is -2.17. The minimum atomic E-state index is -4.43. The van der Waals surface area contributed by atoms with Gasteiger partial charge < -0.3 is 10.5 Å². The molecule has 0 spiro atoms. The minimum absolute atomic E-state index is 0. The number of esters is 1. The second-order valence-corrected chi connectivity index (χ2v) is 5.28. The van der Waals surface area contributed by atoms with Crippen LogP contribution in [0, 0.1) is 0 Å². The van der Waals surface area contributed by atoms with Crippen LogP contribution in [0.15, 0.2) is 29.3 Å². The summed E-state index contributed by atoms with van der Waals surface area (Å²) in [4.78, 5) is 15.1. The number of hydrogen-bond acceptors (Lipinski definition) is 4. The molecule has 1 aromatic rings. The molecule has 0 amide bonds. The smallest absolute Gasteiger partial charge is 0.416 e. The number of carbonyl (C=O) groups is 1. The molecule has 9 heteroatoms. The molecule has 2 N–H and O–H groups in total. The van der Waals surface area contributed by atoms with E-state index in [-0.39, 0.29) is 33.8 Å². The van der Waals surface area contributed by atoms with E-state index < -0.39 is 17.0 Å². The van der Waals surface area contributed by atoms with E-state index in [1.807, 2.05) is 0 Å². The molecular weight excluding hydrogens is 373 g/mol. The number of alkyl halides is 3. The predicted molar refractivity (Wildman–Crippen MR) is 80.0 cm³/mol. The molecule has 0 aromatic heterocycles. The second kappa shape index (κ2) is 7.17. The summed E-state index contributed by atoms with van der Waals surface area (Å²) in [6.45, 7) is 0.327. The van der Waals surface area contributed by atoms with E-state index in [2.05, 4.69) is 4.99 Å². The normalized spacial score (nSPS) is 19.1. The third kappa shape index (κ3) is 4.92. The summed E-state index contributed by atoms with van der Waals surface area (Å²) in [5.41, 5.74) is 4.93. The number of thioether (sulfide) groups is 1. The Morgan fingerprint density at radius 1 is 1.43 bits per heavy atom. The first-order chi connectivity index (χ1) is 9.36. The number of cyclic esters (lactones) is 1. The van der Waals surface area contributed by atoms with Crippen molar-refractivity contribution in [2.45, 2.75) is 17.8 Å². The van der Waals surface area contributed by atoms with Gasteiger partial charge in [0.05, 0.1) is 17.9 Å². The largest absolute Gasteiger partial charge is 0.465 e. The molecule has 1 unspecified atom stereocenters. The average Bonchev–Trinajstić information content (AvgIpc) is 2.74. The van der Waals surface area contributed by atoms with Crippen LogP contribution in [0.5, 0.6) is 0 Å². The highest BCUT2D eigenvalue weighted by Crippen LogP contribution is 2.32. The number of nitrogens with zero attached hydrogens (tertiary/aromatic N) is 1. The molecule has 1 aromatic carbocycles. The van der Waals surface area contributed by atoms with Gasteiger partial charge in [-0.25, -0.2) is 4.99 Å². The van der Waals surface area contributed by atoms with E-state index in [0.29, 0.717) is 13.0 Å². The molecule has 1 heterocycles. The van der Waals surface area contributed by atoms with Crippen LogP contribution < -0.4 is 5.73 Å². The minimum Gasteiger partial charge on any atom is -0.465 e. The van der Waals surface area contributed by atoms with Gasteiger partial charge in [0.1, 0.15) is 5.25 Å². The Balaban J connectivity index is 0.00000220. The number of hydrogen-bond donors (Lipinski definition) is 1. The molecule has 0 aliphatic carbocycles. The maximum absolute atomic E-state index is 12.5. The van der Waals surface area contributed by atoms with Gasteiger partial charge in [0.15, 0.2) is 5.17 Å². The topological polar surface area (TPSA) is 64.7 Å². The zero-order chi connectivity index (χ0) is 14.8. The Hall–Kier alpha value is -1.22. The quantitative estimate of drug-likeness (QED) is 0.482. The van der Waals surface area contributed by atoms with E-state index in [1.165, 1.54) is 12.1 Å². The number of amidine groups is 1. The Bertz CT molecular complexity index is 552. The highest BCUT2D eigenvalue weighted by molar-refractivity contribution is 8.93. The van der Waals surface area contributed by atoms with E-state index in [9.17, 15) is 18.0 Å². The number of rotatable bonds is 2. The molecule has 1 aliphatic heterocycles. The van der Waals surface area contributed by atoms with Crippen molar-refractivity contribution in [3.8, 4) is 0 Å². The monoisotopic (exact) mass is 384 g/mol. The molecular formula is C12H12BrF3N2O2S. The Kier molecular flexibility index (Phi) is 6.09. The molecule has 1 aliphatic rings. The zero-order valence-electron chi connectivity index (χ0n) is 10.6. The van der Waals surface area contributed by atoms with Crippen LogP contribution in [0.2, 0.25) is 0 Å². The number of aliphatic imine (C=N–C) groups is 1. The van der Waals surface area contributed by atoms with Crippen LogP contribution in [0.25, 0.3) is 0 Å². The van der Waals surface area contributed by atoms with Crippen molar-refractivity contribution in [2.75, 3.05) is 6.61 Å². The van der Waals surface area contributed by atoms with E-state index in [1.54, 1.807) is 0 Å². The van der Waals surface area contributed by atoms with Crippen molar-refractivity contribution in [2.24, 2.45) is 10.7 Å². The lowest BCUT2D eigenvalue weighted by atomic mass is 10.2. The van der Waals surface area contributed by atoms with Gasteiger partial charge in [0.2, 0.25) is 0 Å². The molecule has 0 saturated carbocycles. The Morgan fingerprint density at radius 3 is 2.71 bits per heavy atom. The lowest BCUT2D eigenvalue weighted by Gasteiger charge is -2.07. The van der Waals surface area contributed by atoms with Gasteiger partial charge in [0.25, 0.3) is 0 Å². The fraction of sp³-hybridized carbons (Fsp3) is 0.333. The van der Waals surface area contributed by atoms with Crippen LogP contribution in [0.4, 0.5) is 18.9 Å². The zero-order valence-corrected chi connectivity index (χ0v) is 13.1.